The van der Waals surface area contributed by atoms with Crippen LogP contribution >= 0.6 is 0 Å². The summed E-state index contributed by atoms with van der Waals surface area (Å²) in [6, 6.07) is 0. The van der Waals surface area contributed by atoms with Gasteiger partial charge in [-0.25, -0.2) is 0 Å². The first-order valence-electron chi connectivity index (χ1n) is 7.56. The lowest BCUT2D eigenvalue weighted by molar-refractivity contribution is -0.0596. The molecular formula is C15H29NO2. The van der Waals surface area contributed by atoms with Gasteiger partial charge in [-0.15, -0.1) is 0 Å². The van der Waals surface area contributed by atoms with E-state index in [0.717, 1.165) is 44.4 Å². The van der Waals surface area contributed by atoms with E-state index in [-0.39, 0.29) is 12.0 Å². The van der Waals surface area contributed by atoms with E-state index in [9.17, 15) is 5.11 Å². The van der Waals surface area contributed by atoms with Gasteiger partial charge in [-0.1, -0.05) is 13.8 Å². The van der Waals surface area contributed by atoms with E-state index in [1.54, 1.807) is 0 Å². The number of rotatable bonds is 4. The predicted molar refractivity (Wildman–Crippen MR) is 73.6 cm³/mol. The van der Waals surface area contributed by atoms with Crippen LogP contribution in [0.2, 0.25) is 0 Å². The third kappa shape index (κ3) is 3.46. The van der Waals surface area contributed by atoms with Crippen LogP contribution in [0.5, 0.6) is 0 Å². The maximum atomic E-state index is 9.71. The van der Waals surface area contributed by atoms with Gasteiger partial charge in [0.15, 0.2) is 0 Å². The van der Waals surface area contributed by atoms with Crippen molar-refractivity contribution in [2.75, 3.05) is 39.5 Å². The van der Waals surface area contributed by atoms with E-state index >= 15 is 0 Å². The molecule has 0 spiro atoms. The molecule has 106 valence electrons. The Balaban J connectivity index is 1.82. The van der Waals surface area contributed by atoms with Gasteiger partial charge in [0.2, 0.25) is 0 Å². The third-order valence-electron chi connectivity index (χ3n) is 4.87. The largest absolute Gasteiger partial charge is 0.396 e. The highest BCUT2D eigenvalue weighted by atomic mass is 16.5. The lowest BCUT2D eigenvalue weighted by Gasteiger charge is -2.42. The van der Waals surface area contributed by atoms with Crippen molar-refractivity contribution in [2.45, 2.75) is 39.5 Å². The molecule has 0 aromatic heterocycles. The van der Waals surface area contributed by atoms with Gasteiger partial charge < -0.3 is 14.7 Å². The van der Waals surface area contributed by atoms with Crippen molar-refractivity contribution < 1.29 is 9.84 Å². The summed E-state index contributed by atoms with van der Waals surface area (Å²) in [7, 11) is 0. The summed E-state index contributed by atoms with van der Waals surface area (Å²) in [5.41, 5.74) is 0.0168. The van der Waals surface area contributed by atoms with Gasteiger partial charge in [0.25, 0.3) is 0 Å². The van der Waals surface area contributed by atoms with Crippen molar-refractivity contribution in [1.29, 1.82) is 0 Å². The molecule has 2 saturated heterocycles. The Morgan fingerprint density at radius 1 is 1.33 bits per heavy atom. The number of aliphatic hydroxyl groups excluding tert-OH is 1. The number of ether oxygens (including phenoxy) is 1. The summed E-state index contributed by atoms with van der Waals surface area (Å²) in [4.78, 5) is 2.55. The zero-order valence-corrected chi connectivity index (χ0v) is 12.0. The summed E-state index contributed by atoms with van der Waals surface area (Å²) in [6.07, 6.45) is 4.86. The van der Waals surface area contributed by atoms with Gasteiger partial charge in [-0.3, -0.25) is 0 Å². The molecular weight excluding hydrogens is 226 g/mol. The van der Waals surface area contributed by atoms with E-state index < -0.39 is 0 Å². The SMILES string of the molecule is CC(C)C1CCN(CC2(CO)CCCOC2)CC1. The van der Waals surface area contributed by atoms with E-state index in [1.165, 1.54) is 25.9 Å². The Kier molecular flexibility index (Phi) is 5.05. The van der Waals surface area contributed by atoms with Crippen LogP contribution in [0.15, 0.2) is 0 Å². The lowest BCUT2D eigenvalue weighted by atomic mass is 9.81. The van der Waals surface area contributed by atoms with Crippen LogP contribution in [0.25, 0.3) is 0 Å². The molecule has 1 atom stereocenters. The van der Waals surface area contributed by atoms with Crippen molar-refractivity contribution in [3.8, 4) is 0 Å². The second-order valence-electron chi connectivity index (χ2n) is 6.67. The molecule has 0 aliphatic carbocycles. The molecule has 3 nitrogen and oxygen atoms in total. The summed E-state index contributed by atoms with van der Waals surface area (Å²) in [5.74, 6) is 1.71. The monoisotopic (exact) mass is 255 g/mol. The third-order valence-corrected chi connectivity index (χ3v) is 4.87. The molecule has 18 heavy (non-hydrogen) atoms. The van der Waals surface area contributed by atoms with Crippen LogP contribution in [-0.4, -0.2) is 49.5 Å². The van der Waals surface area contributed by atoms with Gasteiger partial charge >= 0.3 is 0 Å². The molecule has 2 heterocycles. The van der Waals surface area contributed by atoms with E-state index in [4.69, 9.17) is 4.74 Å². The van der Waals surface area contributed by atoms with Crippen molar-refractivity contribution >= 4 is 0 Å². The fourth-order valence-electron chi connectivity index (χ4n) is 3.46. The van der Waals surface area contributed by atoms with Crippen molar-refractivity contribution in [3.05, 3.63) is 0 Å². The van der Waals surface area contributed by atoms with Crippen LogP contribution in [0.3, 0.4) is 0 Å². The minimum Gasteiger partial charge on any atom is -0.396 e. The zero-order valence-electron chi connectivity index (χ0n) is 12.0. The quantitative estimate of drug-likeness (QED) is 0.835. The molecule has 2 rings (SSSR count). The summed E-state index contributed by atoms with van der Waals surface area (Å²) in [5, 5.41) is 9.71. The summed E-state index contributed by atoms with van der Waals surface area (Å²) < 4.78 is 5.59. The van der Waals surface area contributed by atoms with Gasteiger partial charge in [-0.05, 0) is 50.6 Å². The Labute approximate surface area is 112 Å². The number of likely N-dealkylation sites (tertiary alicyclic amines) is 1. The Bertz CT molecular complexity index is 241. The Hall–Kier alpha value is -0.120. The normalized spacial score (nSPS) is 32.0. The minimum absolute atomic E-state index is 0.0168. The molecule has 0 radical (unpaired) electrons. The summed E-state index contributed by atoms with van der Waals surface area (Å²) in [6.45, 7) is 9.99. The molecule has 2 aliphatic rings. The molecule has 0 aromatic carbocycles. The van der Waals surface area contributed by atoms with Crippen LogP contribution < -0.4 is 0 Å². The highest BCUT2D eigenvalue weighted by molar-refractivity contribution is 4.86. The predicted octanol–water partition coefficient (Wildman–Crippen LogP) is 2.14. The van der Waals surface area contributed by atoms with E-state index in [2.05, 4.69) is 18.7 Å². The van der Waals surface area contributed by atoms with Crippen LogP contribution in [0, 0.1) is 17.3 Å². The highest BCUT2D eigenvalue weighted by Crippen LogP contribution is 2.32. The molecule has 0 amide bonds. The molecule has 0 aromatic rings. The number of hydrogen-bond acceptors (Lipinski definition) is 3. The lowest BCUT2D eigenvalue weighted by Crippen LogP contribution is -2.48. The zero-order chi connectivity index (χ0) is 13.0. The molecule has 1 N–H and O–H groups in total. The van der Waals surface area contributed by atoms with E-state index in [0.29, 0.717) is 0 Å². The minimum atomic E-state index is 0.0168. The van der Waals surface area contributed by atoms with Gasteiger partial charge in [-0.2, -0.15) is 0 Å². The number of hydrogen-bond donors (Lipinski definition) is 1. The van der Waals surface area contributed by atoms with Crippen LogP contribution in [0.4, 0.5) is 0 Å². The molecule has 3 heteroatoms. The maximum absolute atomic E-state index is 9.71. The summed E-state index contributed by atoms with van der Waals surface area (Å²) >= 11 is 0. The average Bonchev–Trinajstić information content (AvgIpc) is 2.40. The Morgan fingerprint density at radius 3 is 2.56 bits per heavy atom. The smallest absolute Gasteiger partial charge is 0.0556 e. The van der Waals surface area contributed by atoms with Gasteiger partial charge in [0.1, 0.15) is 0 Å². The van der Waals surface area contributed by atoms with Gasteiger partial charge in [0, 0.05) is 18.6 Å². The highest BCUT2D eigenvalue weighted by Gasteiger charge is 2.35. The number of piperidine rings is 1. The first-order valence-corrected chi connectivity index (χ1v) is 7.56. The second kappa shape index (κ2) is 6.36. The van der Waals surface area contributed by atoms with Gasteiger partial charge in [0.05, 0.1) is 13.2 Å². The second-order valence-corrected chi connectivity index (χ2v) is 6.67. The average molecular weight is 255 g/mol. The Morgan fingerprint density at radius 2 is 2.06 bits per heavy atom. The maximum Gasteiger partial charge on any atom is 0.0556 e. The van der Waals surface area contributed by atoms with Crippen molar-refractivity contribution in [3.63, 3.8) is 0 Å². The van der Waals surface area contributed by atoms with Crippen molar-refractivity contribution in [1.82, 2.24) is 4.90 Å². The number of nitrogens with zero attached hydrogens (tertiary/aromatic N) is 1. The van der Waals surface area contributed by atoms with Crippen LogP contribution in [0.1, 0.15) is 39.5 Å². The molecule has 2 aliphatic heterocycles. The number of aliphatic hydroxyl groups is 1. The molecule has 0 bridgehead atoms. The standard InChI is InChI=1S/C15H29NO2/c1-13(2)14-4-7-16(8-5-14)10-15(11-17)6-3-9-18-12-15/h13-14,17H,3-12H2,1-2H3. The first kappa shape index (κ1) is 14.3. The first-order chi connectivity index (χ1) is 8.65. The fraction of sp³-hybridized carbons (Fsp3) is 1.00. The van der Waals surface area contributed by atoms with E-state index in [1.807, 2.05) is 0 Å². The molecule has 1 unspecified atom stereocenters. The fourth-order valence-corrected chi connectivity index (χ4v) is 3.46. The van der Waals surface area contributed by atoms with Crippen LogP contribution in [-0.2, 0) is 4.74 Å². The molecule has 2 fully saturated rings. The topological polar surface area (TPSA) is 32.7 Å². The molecule has 0 saturated carbocycles. The van der Waals surface area contributed by atoms with Crippen molar-refractivity contribution in [2.24, 2.45) is 17.3 Å².